The van der Waals surface area contributed by atoms with Crippen molar-refractivity contribution in [3.05, 3.63) is 23.3 Å². The highest BCUT2D eigenvalue weighted by molar-refractivity contribution is 7.59. The zero-order chi connectivity index (χ0) is 18.8. The van der Waals surface area contributed by atoms with Crippen LogP contribution in [0.3, 0.4) is 0 Å². The molecule has 0 aromatic carbocycles. The summed E-state index contributed by atoms with van der Waals surface area (Å²) < 4.78 is 5.22. The molecule has 0 saturated heterocycles. The van der Waals surface area contributed by atoms with Gasteiger partial charge in [0, 0.05) is 17.8 Å². The number of carbonyl (C=O) groups is 1. The van der Waals surface area contributed by atoms with Gasteiger partial charge in [-0.2, -0.15) is 13.5 Å². The number of nitrogen functional groups attached to an aromatic ring is 1. The highest BCUT2D eigenvalue weighted by Crippen LogP contribution is 2.39. The topological polar surface area (TPSA) is 149 Å². The number of nitrogens with one attached hydrogen (secondary N) is 1. The molecule has 1 amide bonds. The Balaban J connectivity index is 0.00000261. The minimum Gasteiger partial charge on any atom is -0.495 e. The van der Waals surface area contributed by atoms with Gasteiger partial charge in [-0.1, -0.05) is 0 Å². The molecule has 3 rings (SSSR count). The predicted molar refractivity (Wildman–Crippen MR) is 111 cm³/mol. The molecule has 0 bridgehead atoms. The number of anilines is 2. The minimum absolute atomic E-state index is 0. The van der Waals surface area contributed by atoms with E-state index in [0.29, 0.717) is 33.2 Å². The quantitative estimate of drug-likeness (QED) is 0.477. The smallest absolute Gasteiger partial charge is 0.260 e. The zero-order valence-corrected chi connectivity index (χ0v) is 16.5. The van der Waals surface area contributed by atoms with Crippen LogP contribution in [-0.4, -0.2) is 45.7 Å². The van der Waals surface area contributed by atoms with E-state index >= 15 is 0 Å². The number of nitrogens with two attached hydrogens (primary N) is 2. The number of rotatable bonds is 6. The maximum absolute atomic E-state index is 11.7. The lowest BCUT2D eigenvalue weighted by Crippen LogP contribution is -2.21. The van der Waals surface area contributed by atoms with Gasteiger partial charge in [0.2, 0.25) is 5.95 Å². The number of pyridine rings is 1. The maximum Gasteiger partial charge on any atom is 0.260 e. The van der Waals surface area contributed by atoms with Crippen LogP contribution in [0.15, 0.2) is 18.5 Å². The van der Waals surface area contributed by atoms with Crippen molar-refractivity contribution in [3.8, 4) is 17.0 Å². The van der Waals surface area contributed by atoms with Gasteiger partial charge in [-0.05, 0) is 13.0 Å². The van der Waals surface area contributed by atoms with Crippen molar-refractivity contribution in [1.82, 2.24) is 15.0 Å². The van der Waals surface area contributed by atoms with Crippen LogP contribution in [0.1, 0.15) is 16.6 Å². The molecular formula is C16H20N6O3S2. The first kappa shape index (κ1) is 20.7. The molecule has 3 heterocycles. The summed E-state index contributed by atoms with van der Waals surface area (Å²) in [6.45, 7) is 1.70. The monoisotopic (exact) mass is 408 g/mol. The van der Waals surface area contributed by atoms with Gasteiger partial charge in [-0.25, -0.2) is 9.97 Å². The molecule has 6 N–H and O–H groups in total. The Morgan fingerprint density at radius 3 is 2.78 bits per heavy atom. The first-order chi connectivity index (χ1) is 12.4. The fraction of sp³-hybridized carbons (Fsp3) is 0.250. The Hall–Kier alpha value is -2.63. The molecule has 27 heavy (non-hydrogen) atoms. The largest absolute Gasteiger partial charge is 0.495 e. The number of carbonyl (C=O) groups excluding carboxylic acids is 1. The molecule has 0 radical (unpaired) electrons. The molecule has 1 atom stereocenters. The van der Waals surface area contributed by atoms with Crippen molar-refractivity contribution in [2.75, 3.05) is 24.8 Å². The lowest BCUT2D eigenvalue weighted by atomic mass is 10.1. The van der Waals surface area contributed by atoms with Crippen LogP contribution < -0.4 is 21.5 Å². The summed E-state index contributed by atoms with van der Waals surface area (Å²) in [6.07, 6.45) is 3.19. The molecule has 9 nitrogen and oxygen atoms in total. The van der Waals surface area contributed by atoms with Gasteiger partial charge in [-0.3, -0.25) is 9.78 Å². The van der Waals surface area contributed by atoms with Crippen LogP contribution in [-0.2, 0) is 0 Å². The summed E-state index contributed by atoms with van der Waals surface area (Å²) in [6, 6.07) is 1.51. The molecule has 0 fully saturated rings. The number of hydrogen-bond acceptors (Lipinski definition) is 9. The fourth-order valence-electron chi connectivity index (χ4n) is 2.40. The number of amides is 1. The summed E-state index contributed by atoms with van der Waals surface area (Å²) in [7, 11) is 1.54. The number of primary amides is 1. The van der Waals surface area contributed by atoms with E-state index in [1.807, 2.05) is 0 Å². The van der Waals surface area contributed by atoms with Crippen LogP contribution in [0.5, 0.6) is 5.75 Å². The van der Waals surface area contributed by atoms with Crippen LogP contribution in [0.25, 0.3) is 21.5 Å². The molecule has 0 aliphatic rings. The van der Waals surface area contributed by atoms with Gasteiger partial charge < -0.3 is 26.6 Å². The third-order valence-corrected chi connectivity index (χ3v) is 4.80. The van der Waals surface area contributed by atoms with E-state index in [-0.39, 0.29) is 36.7 Å². The van der Waals surface area contributed by atoms with Crippen molar-refractivity contribution in [3.63, 3.8) is 0 Å². The zero-order valence-electron chi connectivity index (χ0n) is 14.7. The van der Waals surface area contributed by atoms with E-state index in [9.17, 15) is 9.90 Å². The van der Waals surface area contributed by atoms with Gasteiger partial charge in [0.25, 0.3) is 5.91 Å². The van der Waals surface area contributed by atoms with Gasteiger partial charge >= 0.3 is 0 Å². The molecular weight excluding hydrogens is 388 g/mol. The summed E-state index contributed by atoms with van der Waals surface area (Å²) in [5, 5.41) is 12.8. The number of hydrogen-bond donors (Lipinski definition) is 4. The Bertz CT molecular complexity index is 978. The molecule has 144 valence electrons. The number of thiophene rings is 1. The maximum atomic E-state index is 11.7. The molecule has 0 aliphatic carbocycles. The lowest BCUT2D eigenvalue weighted by Gasteiger charge is -2.12. The van der Waals surface area contributed by atoms with Gasteiger partial charge in [0.15, 0.2) is 0 Å². The summed E-state index contributed by atoms with van der Waals surface area (Å²) in [5.41, 5.74) is 12.9. The van der Waals surface area contributed by atoms with Crippen molar-refractivity contribution in [1.29, 1.82) is 0 Å². The Morgan fingerprint density at radius 1 is 1.41 bits per heavy atom. The van der Waals surface area contributed by atoms with E-state index in [4.69, 9.17) is 16.2 Å². The van der Waals surface area contributed by atoms with Crippen molar-refractivity contribution < 1.29 is 14.6 Å². The van der Waals surface area contributed by atoms with Crippen molar-refractivity contribution >= 4 is 52.6 Å². The van der Waals surface area contributed by atoms with E-state index in [2.05, 4.69) is 20.3 Å². The van der Waals surface area contributed by atoms with Gasteiger partial charge in [-0.15, -0.1) is 11.3 Å². The Labute approximate surface area is 166 Å². The first-order valence-corrected chi connectivity index (χ1v) is 8.52. The molecule has 0 aliphatic heterocycles. The summed E-state index contributed by atoms with van der Waals surface area (Å²) in [5.74, 6) is 0.226. The number of nitrogens with zero attached hydrogens (tertiary/aromatic N) is 3. The number of aliphatic hydroxyl groups is 1. The highest BCUT2D eigenvalue weighted by atomic mass is 32.1. The molecule has 3 aromatic heterocycles. The predicted octanol–water partition coefficient (Wildman–Crippen LogP) is 1.35. The first-order valence-electron chi connectivity index (χ1n) is 7.71. The van der Waals surface area contributed by atoms with Crippen molar-refractivity contribution in [2.24, 2.45) is 5.73 Å². The minimum atomic E-state index is -0.626. The standard InChI is InChI=1S/C16H18N6O3S.H2S/c1-7(6-23)20-16-21-12(8-3-9(25-2)5-19-4-8)10-11(17)13(14(18)24)26-15(10)22-16;/h3-5,7,23H,6,17H2,1-2H3,(H2,18,24)(H,20,21,22);1H2/t7-;/m0./s1. The van der Waals surface area contributed by atoms with Crippen LogP contribution in [0.4, 0.5) is 11.6 Å². The number of methoxy groups -OCH3 is 1. The fourth-order valence-corrected chi connectivity index (χ4v) is 3.35. The average molecular weight is 409 g/mol. The normalized spacial score (nSPS) is 11.7. The molecule has 11 heteroatoms. The number of fused-ring (bicyclic) bond motifs is 1. The molecule has 0 spiro atoms. The average Bonchev–Trinajstić information content (AvgIpc) is 2.98. The van der Waals surface area contributed by atoms with E-state index in [1.165, 1.54) is 7.11 Å². The molecule has 0 unspecified atom stereocenters. The third-order valence-electron chi connectivity index (χ3n) is 3.68. The second kappa shape index (κ2) is 8.37. The Morgan fingerprint density at radius 2 is 2.15 bits per heavy atom. The summed E-state index contributed by atoms with van der Waals surface area (Å²) in [4.78, 5) is 25.5. The SMILES string of the molecule is COc1cncc(-c2nc(N[C@@H](C)CO)nc3sc(C(N)=O)c(N)c23)c1.S. The second-order valence-electron chi connectivity index (χ2n) is 5.63. The van der Waals surface area contributed by atoms with Crippen molar-refractivity contribution in [2.45, 2.75) is 13.0 Å². The lowest BCUT2D eigenvalue weighted by molar-refractivity contribution is 0.100. The van der Waals surface area contributed by atoms with E-state index < -0.39 is 5.91 Å². The third kappa shape index (κ3) is 4.04. The Kier molecular flexibility index (Phi) is 6.41. The van der Waals surface area contributed by atoms with E-state index in [1.54, 1.807) is 25.4 Å². The van der Waals surface area contributed by atoms with Gasteiger partial charge in [0.05, 0.1) is 36.7 Å². The van der Waals surface area contributed by atoms with E-state index in [0.717, 1.165) is 11.3 Å². The van der Waals surface area contributed by atoms with Gasteiger partial charge in [0.1, 0.15) is 15.5 Å². The van der Waals surface area contributed by atoms with Crippen LogP contribution in [0, 0.1) is 0 Å². The molecule has 0 saturated carbocycles. The highest BCUT2D eigenvalue weighted by Gasteiger charge is 2.21. The van der Waals surface area contributed by atoms with Crippen LogP contribution in [0.2, 0.25) is 0 Å². The second-order valence-corrected chi connectivity index (χ2v) is 6.63. The van der Waals surface area contributed by atoms with Crippen LogP contribution >= 0.6 is 24.8 Å². The number of ether oxygens (including phenoxy) is 1. The number of aliphatic hydroxyl groups excluding tert-OH is 1. The summed E-state index contributed by atoms with van der Waals surface area (Å²) >= 11 is 1.09. The molecule has 3 aromatic rings. The number of aromatic nitrogens is 3.